The lowest BCUT2D eigenvalue weighted by Gasteiger charge is -2.10. The molecule has 31 heavy (non-hydrogen) atoms. The average molecular weight is 444 g/mol. The van der Waals surface area contributed by atoms with Gasteiger partial charge in [-0.1, -0.05) is 26.0 Å². The predicted octanol–water partition coefficient (Wildman–Crippen LogP) is 4.65. The van der Waals surface area contributed by atoms with E-state index in [4.69, 9.17) is 4.74 Å². The van der Waals surface area contributed by atoms with E-state index in [0.29, 0.717) is 17.9 Å². The van der Waals surface area contributed by atoms with Crippen LogP contribution in [-0.4, -0.2) is 36.4 Å². The van der Waals surface area contributed by atoms with Crippen molar-refractivity contribution < 1.29 is 17.9 Å². The van der Waals surface area contributed by atoms with Crippen LogP contribution in [0.3, 0.4) is 0 Å². The molecule has 1 radical (unpaired) electrons. The number of sulfonamides is 1. The number of carbonyl (C=O) groups excluding carboxylic acids is 1. The summed E-state index contributed by atoms with van der Waals surface area (Å²) in [5.74, 6) is 1.21. The van der Waals surface area contributed by atoms with E-state index in [-0.39, 0.29) is 6.10 Å². The molecular formula is C22H27N4O4S. The van der Waals surface area contributed by atoms with Gasteiger partial charge in [0, 0.05) is 29.4 Å². The number of nitrogens with one attached hydrogen (secondary N) is 2. The van der Waals surface area contributed by atoms with Gasteiger partial charge >= 0.3 is 6.09 Å². The molecule has 1 aromatic carbocycles. The summed E-state index contributed by atoms with van der Waals surface area (Å²) in [5.41, 5.74) is 3.46. The second-order valence-electron chi connectivity index (χ2n) is 8.01. The van der Waals surface area contributed by atoms with Crippen molar-refractivity contribution in [1.29, 1.82) is 0 Å². The highest BCUT2D eigenvalue weighted by atomic mass is 32.2. The molecule has 0 aliphatic rings. The Hall–Kier alpha value is -3.07. The lowest BCUT2D eigenvalue weighted by Crippen LogP contribution is -2.18. The van der Waals surface area contributed by atoms with Crippen LogP contribution < -0.4 is 10.0 Å². The second-order valence-corrected chi connectivity index (χ2v) is 9.76. The van der Waals surface area contributed by atoms with Gasteiger partial charge in [0.1, 0.15) is 5.65 Å². The third-order valence-electron chi connectivity index (χ3n) is 4.27. The van der Waals surface area contributed by atoms with Crippen molar-refractivity contribution in [3.8, 4) is 11.1 Å². The Balaban J connectivity index is 2.08. The van der Waals surface area contributed by atoms with Gasteiger partial charge in [-0.15, -0.1) is 0 Å². The molecule has 0 unspecified atom stereocenters. The van der Waals surface area contributed by atoms with E-state index >= 15 is 0 Å². The first-order valence-electron chi connectivity index (χ1n) is 9.85. The Morgan fingerprint density at radius 2 is 1.94 bits per heavy atom. The third-order valence-corrected chi connectivity index (χ3v) is 4.87. The first-order valence-corrected chi connectivity index (χ1v) is 11.7. The summed E-state index contributed by atoms with van der Waals surface area (Å²) >= 11 is 0. The number of aromatic nitrogens is 2. The standard InChI is InChI=1S/C22H27N4O4S/c1-14(2)12-26-13-20(16-7-6-8-17(9-16)25-31(5,28)29)19-10-18(11-23-21(19)26)24-22(27)30-15(3)4/h6-11,13,15,25H,12H2,1-5H3,(H,24,27). The highest BCUT2D eigenvalue weighted by Crippen LogP contribution is 2.33. The second kappa shape index (κ2) is 8.97. The molecule has 0 aliphatic heterocycles. The Morgan fingerprint density at radius 3 is 2.58 bits per heavy atom. The van der Waals surface area contributed by atoms with Crippen LogP contribution >= 0.6 is 0 Å². The molecule has 0 saturated carbocycles. The summed E-state index contributed by atoms with van der Waals surface area (Å²) in [6, 6.07) is 9.01. The summed E-state index contributed by atoms with van der Waals surface area (Å²) < 4.78 is 33.0. The Morgan fingerprint density at radius 1 is 1.19 bits per heavy atom. The van der Waals surface area contributed by atoms with Gasteiger partial charge in [-0.05, 0) is 43.5 Å². The fraction of sp³-hybridized carbons (Fsp3) is 0.318. The number of ether oxygens (including phenoxy) is 1. The van der Waals surface area contributed by atoms with Crippen LogP contribution in [0.25, 0.3) is 22.2 Å². The van der Waals surface area contributed by atoms with Crippen LogP contribution in [0, 0.1) is 5.92 Å². The van der Waals surface area contributed by atoms with E-state index in [1.54, 1.807) is 38.2 Å². The molecular weight excluding hydrogens is 416 g/mol. The van der Waals surface area contributed by atoms with Crippen molar-refractivity contribution in [2.45, 2.75) is 40.3 Å². The van der Waals surface area contributed by atoms with Gasteiger partial charge in [-0.2, -0.15) is 0 Å². The van der Waals surface area contributed by atoms with Crippen LogP contribution in [0.1, 0.15) is 27.7 Å². The number of benzene rings is 1. The van der Waals surface area contributed by atoms with E-state index in [0.717, 1.165) is 28.4 Å². The Bertz CT molecular complexity index is 1200. The molecule has 0 aliphatic carbocycles. The summed E-state index contributed by atoms with van der Waals surface area (Å²) in [6.45, 7) is 8.33. The molecule has 165 valence electrons. The summed E-state index contributed by atoms with van der Waals surface area (Å²) in [5, 5.41) is 3.54. The lowest BCUT2D eigenvalue weighted by atomic mass is 10.1. The molecule has 0 atom stereocenters. The van der Waals surface area contributed by atoms with Gasteiger partial charge in [0.15, 0.2) is 0 Å². The van der Waals surface area contributed by atoms with Crippen LogP contribution in [0.5, 0.6) is 0 Å². The topological polar surface area (TPSA) is 102 Å². The van der Waals surface area contributed by atoms with Crippen molar-refractivity contribution in [3.63, 3.8) is 0 Å². The fourth-order valence-electron chi connectivity index (χ4n) is 3.26. The van der Waals surface area contributed by atoms with Crippen LogP contribution in [0.2, 0.25) is 0 Å². The lowest BCUT2D eigenvalue weighted by molar-refractivity contribution is 0.130. The molecule has 3 rings (SSSR count). The summed E-state index contributed by atoms with van der Waals surface area (Å²) in [4.78, 5) is 16.6. The highest BCUT2D eigenvalue weighted by Gasteiger charge is 2.15. The maximum Gasteiger partial charge on any atom is 0.411 e. The maximum atomic E-state index is 12.0. The van der Waals surface area contributed by atoms with Crippen molar-refractivity contribution in [3.05, 3.63) is 48.6 Å². The molecule has 2 heterocycles. The van der Waals surface area contributed by atoms with E-state index in [2.05, 4.69) is 15.0 Å². The van der Waals surface area contributed by atoms with Crippen molar-refractivity contribution in [2.75, 3.05) is 16.3 Å². The Labute approximate surface area is 182 Å². The van der Waals surface area contributed by atoms with Crippen molar-refractivity contribution in [1.82, 2.24) is 9.55 Å². The molecule has 9 heteroatoms. The fourth-order valence-corrected chi connectivity index (χ4v) is 3.81. The zero-order chi connectivity index (χ0) is 22.8. The SMILES string of the molecule is C[C](C)Cn1cc(-c2cccc(NS(C)(=O)=O)c2)c2cc(NC(=O)OC(C)C)cnc21. The number of carbonyl (C=O) groups is 1. The number of hydrogen-bond donors (Lipinski definition) is 2. The number of nitrogens with zero attached hydrogens (tertiary/aromatic N) is 2. The third kappa shape index (κ3) is 5.97. The number of fused-ring (bicyclic) bond motifs is 1. The molecule has 0 saturated heterocycles. The monoisotopic (exact) mass is 443 g/mol. The van der Waals surface area contributed by atoms with Gasteiger partial charge in [-0.3, -0.25) is 10.0 Å². The first-order chi connectivity index (χ1) is 14.5. The van der Waals surface area contributed by atoms with E-state index < -0.39 is 16.1 Å². The van der Waals surface area contributed by atoms with Gasteiger partial charge in [0.25, 0.3) is 0 Å². The average Bonchev–Trinajstić information content (AvgIpc) is 2.97. The van der Waals surface area contributed by atoms with Crippen molar-refractivity contribution in [2.24, 2.45) is 0 Å². The van der Waals surface area contributed by atoms with Gasteiger partial charge in [0.05, 0.1) is 24.2 Å². The zero-order valence-electron chi connectivity index (χ0n) is 18.3. The molecule has 2 aromatic heterocycles. The molecule has 0 spiro atoms. The van der Waals surface area contributed by atoms with E-state index in [9.17, 15) is 13.2 Å². The van der Waals surface area contributed by atoms with E-state index in [1.165, 1.54) is 5.92 Å². The molecule has 2 N–H and O–H groups in total. The van der Waals surface area contributed by atoms with Gasteiger partial charge in [0.2, 0.25) is 10.0 Å². The van der Waals surface area contributed by atoms with E-state index in [1.807, 2.05) is 36.7 Å². The highest BCUT2D eigenvalue weighted by molar-refractivity contribution is 7.92. The number of anilines is 2. The Kier molecular flexibility index (Phi) is 6.54. The molecule has 3 aromatic rings. The smallest absolute Gasteiger partial charge is 0.411 e. The minimum absolute atomic E-state index is 0.235. The number of pyridine rings is 1. The molecule has 0 bridgehead atoms. The van der Waals surface area contributed by atoms with Crippen LogP contribution in [0.4, 0.5) is 16.2 Å². The quantitative estimate of drug-likeness (QED) is 0.553. The summed E-state index contributed by atoms with van der Waals surface area (Å²) in [7, 11) is -3.39. The summed E-state index contributed by atoms with van der Waals surface area (Å²) in [6.07, 6.45) is 3.91. The molecule has 1 amide bonds. The number of amides is 1. The minimum Gasteiger partial charge on any atom is -0.447 e. The maximum absolute atomic E-state index is 12.0. The minimum atomic E-state index is -3.39. The van der Waals surface area contributed by atoms with Crippen molar-refractivity contribution >= 4 is 38.5 Å². The predicted molar refractivity (Wildman–Crippen MR) is 123 cm³/mol. The first kappa shape index (κ1) is 22.6. The van der Waals surface area contributed by atoms with Gasteiger partial charge in [-0.25, -0.2) is 18.2 Å². The normalized spacial score (nSPS) is 11.8. The van der Waals surface area contributed by atoms with Crippen LogP contribution in [-0.2, 0) is 21.3 Å². The zero-order valence-corrected chi connectivity index (χ0v) is 19.1. The molecule has 8 nitrogen and oxygen atoms in total. The molecule has 0 fully saturated rings. The van der Waals surface area contributed by atoms with Gasteiger partial charge < -0.3 is 9.30 Å². The number of hydrogen-bond acceptors (Lipinski definition) is 5. The number of rotatable bonds is 7. The largest absolute Gasteiger partial charge is 0.447 e. The van der Waals surface area contributed by atoms with Crippen LogP contribution in [0.15, 0.2) is 42.7 Å².